The quantitative estimate of drug-likeness (QED) is 0.377. The average molecular weight is 109 g/mol. The van der Waals surface area contributed by atoms with Gasteiger partial charge in [-0.3, -0.25) is 0 Å². The Morgan fingerprint density at radius 3 is 2.50 bits per heavy atom. The summed E-state index contributed by atoms with van der Waals surface area (Å²) in [5, 5.41) is 8.33. The van der Waals surface area contributed by atoms with Gasteiger partial charge in [0.05, 0.1) is 6.61 Å². The predicted molar refractivity (Wildman–Crippen MR) is 21.6 cm³/mol. The molecule has 1 aliphatic rings. The zero-order valence-electron chi connectivity index (χ0n) is 3.10. The molecule has 1 rings (SSSR count). The molecule has 0 amide bonds. The monoisotopic (exact) mass is 108 g/mol. The molecule has 0 aromatic heterocycles. The van der Waals surface area contributed by atoms with Gasteiger partial charge in [0.1, 0.15) is 6.10 Å². The molecule has 6 heavy (non-hydrogen) atoms. The van der Waals surface area contributed by atoms with E-state index in [4.69, 9.17) is 16.7 Å². The van der Waals surface area contributed by atoms with Crippen LogP contribution < -0.4 is 0 Å². The lowest BCUT2D eigenvalue weighted by atomic mass is 10.5. The summed E-state index contributed by atoms with van der Waals surface area (Å²) in [6.45, 7) is 0.616. The van der Waals surface area contributed by atoms with Crippen molar-refractivity contribution in [1.82, 2.24) is 0 Å². The lowest BCUT2D eigenvalue weighted by molar-refractivity contribution is 0.207. The molecular weight excluding hydrogens is 103 g/mol. The van der Waals surface area contributed by atoms with Gasteiger partial charge in [0.25, 0.3) is 0 Å². The van der Waals surface area contributed by atoms with E-state index in [1.54, 1.807) is 0 Å². The third-order valence-corrected chi connectivity index (χ3v) is 0.947. The molecule has 3 heteroatoms. The highest BCUT2D eigenvalue weighted by atomic mass is 35.5. The maximum atomic E-state index is 8.33. The van der Waals surface area contributed by atoms with E-state index in [1.807, 2.05) is 0 Å². The van der Waals surface area contributed by atoms with E-state index in [9.17, 15) is 0 Å². The number of alkyl halides is 1. The molecule has 1 N–H and O–H groups in total. The molecule has 2 atom stereocenters. The number of rotatable bonds is 1. The van der Waals surface area contributed by atoms with Gasteiger partial charge in [-0.1, -0.05) is 11.6 Å². The second-order valence-electron chi connectivity index (χ2n) is 1.24. The molecular formula is C3H5ClO2. The number of hydrogen-bond acceptors (Lipinski definition) is 2. The summed E-state index contributed by atoms with van der Waals surface area (Å²) in [6.07, 6.45) is -0.0772. The first-order chi connectivity index (χ1) is 2.80. The molecule has 2 nitrogen and oxygen atoms in total. The molecule has 0 bridgehead atoms. The van der Waals surface area contributed by atoms with Crippen LogP contribution in [0.1, 0.15) is 0 Å². The maximum Gasteiger partial charge on any atom is 0.156 e. The molecule has 1 fully saturated rings. The summed E-state index contributed by atoms with van der Waals surface area (Å²) < 4.78 is 4.59. The van der Waals surface area contributed by atoms with E-state index < -0.39 is 5.56 Å². The number of ether oxygens (including phenoxy) is 1. The zero-order valence-corrected chi connectivity index (χ0v) is 3.85. The number of aliphatic hydroxyl groups excluding tert-OH is 1. The van der Waals surface area contributed by atoms with Gasteiger partial charge in [0.15, 0.2) is 5.56 Å². The van der Waals surface area contributed by atoms with Crippen molar-refractivity contribution in [2.45, 2.75) is 11.7 Å². The number of epoxide rings is 1. The first-order valence-corrected chi connectivity index (χ1v) is 2.18. The summed E-state index contributed by atoms with van der Waals surface area (Å²) >= 11 is 5.11. The Morgan fingerprint density at radius 1 is 2.00 bits per heavy atom. The van der Waals surface area contributed by atoms with Gasteiger partial charge in [-0.15, -0.1) is 0 Å². The standard InChI is InChI=1S/C3H5ClO2/c4-3(5)2-1-6-2/h2-3,5H,1H2. The topological polar surface area (TPSA) is 32.8 Å². The molecule has 0 aromatic carbocycles. The summed E-state index contributed by atoms with van der Waals surface area (Å²) in [5.41, 5.74) is -0.787. The first-order valence-electron chi connectivity index (χ1n) is 1.74. The molecule has 36 valence electrons. The summed E-state index contributed by atoms with van der Waals surface area (Å²) in [4.78, 5) is 0. The van der Waals surface area contributed by atoms with Gasteiger partial charge in [-0.25, -0.2) is 0 Å². The maximum absolute atomic E-state index is 8.33. The Morgan fingerprint density at radius 2 is 2.50 bits per heavy atom. The second-order valence-corrected chi connectivity index (χ2v) is 1.69. The van der Waals surface area contributed by atoms with Crippen LogP contribution >= 0.6 is 11.6 Å². The molecule has 2 unspecified atom stereocenters. The fourth-order valence-electron chi connectivity index (χ4n) is 0.214. The van der Waals surface area contributed by atoms with Crippen molar-refractivity contribution in [2.75, 3.05) is 6.61 Å². The van der Waals surface area contributed by atoms with Crippen molar-refractivity contribution in [3.8, 4) is 0 Å². The van der Waals surface area contributed by atoms with E-state index >= 15 is 0 Å². The summed E-state index contributed by atoms with van der Waals surface area (Å²) in [5.74, 6) is 0. The summed E-state index contributed by atoms with van der Waals surface area (Å²) in [7, 11) is 0. The minimum Gasteiger partial charge on any atom is -0.375 e. The lowest BCUT2D eigenvalue weighted by Crippen LogP contribution is -2.03. The first kappa shape index (κ1) is 4.37. The van der Waals surface area contributed by atoms with Crippen molar-refractivity contribution >= 4 is 11.6 Å². The third-order valence-electron chi connectivity index (χ3n) is 0.666. The number of aliphatic hydroxyl groups is 1. The van der Waals surface area contributed by atoms with Gasteiger partial charge in [0.2, 0.25) is 0 Å². The fraction of sp³-hybridized carbons (Fsp3) is 1.00. The van der Waals surface area contributed by atoms with Crippen molar-refractivity contribution in [1.29, 1.82) is 0 Å². The molecule has 1 heterocycles. The smallest absolute Gasteiger partial charge is 0.156 e. The van der Waals surface area contributed by atoms with E-state index in [1.165, 1.54) is 0 Å². The molecule has 0 aliphatic carbocycles. The molecule has 1 aliphatic heterocycles. The Hall–Kier alpha value is 0.210. The van der Waals surface area contributed by atoms with Gasteiger partial charge in [0, 0.05) is 0 Å². The normalized spacial score (nSPS) is 36.0. The van der Waals surface area contributed by atoms with Crippen LogP contribution in [0.3, 0.4) is 0 Å². The summed E-state index contributed by atoms with van der Waals surface area (Å²) in [6, 6.07) is 0. The van der Waals surface area contributed by atoms with Crippen LogP contribution in [0, 0.1) is 0 Å². The highest BCUT2D eigenvalue weighted by Gasteiger charge is 2.29. The Balaban J connectivity index is 2.13. The van der Waals surface area contributed by atoms with Crippen LogP contribution in [0.4, 0.5) is 0 Å². The van der Waals surface area contributed by atoms with Gasteiger partial charge in [-0.2, -0.15) is 0 Å². The Bertz CT molecular complexity index is 50.8. The molecule has 0 radical (unpaired) electrons. The van der Waals surface area contributed by atoms with E-state index in [0.29, 0.717) is 6.61 Å². The van der Waals surface area contributed by atoms with E-state index in [2.05, 4.69) is 4.74 Å². The lowest BCUT2D eigenvalue weighted by Gasteiger charge is -1.87. The minimum absolute atomic E-state index is 0.0772. The van der Waals surface area contributed by atoms with Crippen LogP contribution in [-0.4, -0.2) is 23.4 Å². The largest absolute Gasteiger partial charge is 0.375 e. The highest BCUT2D eigenvalue weighted by molar-refractivity contribution is 6.20. The fourth-order valence-corrected chi connectivity index (χ4v) is 0.360. The van der Waals surface area contributed by atoms with Crippen LogP contribution in [0.15, 0.2) is 0 Å². The van der Waals surface area contributed by atoms with Gasteiger partial charge < -0.3 is 9.84 Å². The van der Waals surface area contributed by atoms with Crippen molar-refractivity contribution < 1.29 is 9.84 Å². The molecule has 0 aromatic rings. The Kier molecular flexibility index (Phi) is 0.998. The van der Waals surface area contributed by atoms with Crippen molar-refractivity contribution in [3.05, 3.63) is 0 Å². The predicted octanol–water partition coefficient (Wildman–Crippen LogP) is -0.0576. The van der Waals surface area contributed by atoms with Gasteiger partial charge in [-0.05, 0) is 0 Å². The second kappa shape index (κ2) is 1.37. The van der Waals surface area contributed by atoms with Crippen molar-refractivity contribution in [3.63, 3.8) is 0 Å². The number of hydrogen-bond donors (Lipinski definition) is 1. The van der Waals surface area contributed by atoms with E-state index in [0.717, 1.165) is 0 Å². The van der Waals surface area contributed by atoms with Crippen LogP contribution in [0.5, 0.6) is 0 Å². The minimum atomic E-state index is -0.787. The molecule has 1 saturated heterocycles. The molecule has 0 saturated carbocycles. The number of halogens is 1. The molecule has 0 spiro atoms. The Labute approximate surface area is 40.7 Å². The third kappa shape index (κ3) is 0.834. The van der Waals surface area contributed by atoms with Crippen LogP contribution in [0.2, 0.25) is 0 Å². The van der Waals surface area contributed by atoms with E-state index in [-0.39, 0.29) is 6.10 Å². The highest BCUT2D eigenvalue weighted by Crippen LogP contribution is 2.15. The van der Waals surface area contributed by atoms with Gasteiger partial charge >= 0.3 is 0 Å². The average Bonchev–Trinajstić information content (AvgIpc) is 2.06. The van der Waals surface area contributed by atoms with Crippen LogP contribution in [0.25, 0.3) is 0 Å². The van der Waals surface area contributed by atoms with Crippen LogP contribution in [-0.2, 0) is 4.74 Å². The SMILES string of the molecule is OC(Cl)C1CO1. The zero-order chi connectivity index (χ0) is 4.57. The van der Waals surface area contributed by atoms with Crippen molar-refractivity contribution in [2.24, 2.45) is 0 Å².